The van der Waals surface area contributed by atoms with Crippen LogP contribution in [-0.4, -0.2) is 23.4 Å². The molecule has 16 heavy (non-hydrogen) atoms. The summed E-state index contributed by atoms with van der Waals surface area (Å²) in [7, 11) is 0. The van der Waals surface area contributed by atoms with Crippen LogP contribution in [0.4, 0.5) is 0 Å². The smallest absolute Gasteiger partial charge is 0.0506 e. The number of hydrogen-bond acceptors (Lipinski definition) is 2. The quantitative estimate of drug-likeness (QED) is 0.773. The van der Waals surface area contributed by atoms with Gasteiger partial charge in [0.2, 0.25) is 0 Å². The van der Waals surface area contributed by atoms with E-state index in [1.54, 1.807) is 0 Å². The van der Waals surface area contributed by atoms with Crippen molar-refractivity contribution in [3.05, 3.63) is 0 Å². The summed E-state index contributed by atoms with van der Waals surface area (Å²) in [5.41, 5.74) is 0.234. The lowest BCUT2D eigenvalue weighted by atomic mass is 9.44. The maximum atomic E-state index is 9.39. The van der Waals surface area contributed by atoms with Gasteiger partial charge in [0, 0.05) is 5.41 Å². The molecule has 2 bridgehead atoms. The summed E-state index contributed by atoms with van der Waals surface area (Å²) in [6.45, 7) is 7.01. The minimum absolute atomic E-state index is 0.108. The summed E-state index contributed by atoms with van der Waals surface area (Å²) < 4.78 is 0. The van der Waals surface area contributed by atoms with E-state index in [4.69, 9.17) is 0 Å². The Bertz CT molecular complexity index is 253. The molecule has 0 aliphatic heterocycles. The lowest BCUT2D eigenvalue weighted by Gasteiger charge is -2.61. The Morgan fingerprint density at radius 2 is 1.81 bits per heavy atom. The van der Waals surface area contributed by atoms with Crippen LogP contribution in [0.15, 0.2) is 0 Å². The van der Waals surface area contributed by atoms with Crippen LogP contribution in [0.1, 0.15) is 46.5 Å². The van der Waals surface area contributed by atoms with Crippen molar-refractivity contribution < 1.29 is 10.2 Å². The normalized spacial score (nSPS) is 36.9. The van der Waals surface area contributed by atoms with Gasteiger partial charge < -0.3 is 10.2 Å². The van der Waals surface area contributed by atoms with E-state index in [-0.39, 0.29) is 18.6 Å². The van der Waals surface area contributed by atoms with Crippen LogP contribution in [0.25, 0.3) is 0 Å². The van der Waals surface area contributed by atoms with Gasteiger partial charge in [-0.2, -0.15) is 0 Å². The second-order valence-electron chi connectivity index (χ2n) is 7.03. The SMILES string of the molecule is CC(CO)(CO)CC1CCC2CC1C2(C)C. The second kappa shape index (κ2) is 3.99. The van der Waals surface area contributed by atoms with E-state index < -0.39 is 0 Å². The third-order valence-corrected chi connectivity index (χ3v) is 5.52. The summed E-state index contributed by atoms with van der Waals surface area (Å²) in [6, 6.07) is 0. The molecule has 3 saturated carbocycles. The Labute approximate surface area is 99.1 Å². The number of aliphatic hydroxyl groups is 2. The van der Waals surface area contributed by atoms with Crippen molar-refractivity contribution in [2.45, 2.75) is 46.5 Å². The molecule has 0 heterocycles. The molecule has 0 aromatic heterocycles. The lowest BCUT2D eigenvalue weighted by molar-refractivity contribution is -0.120. The fraction of sp³-hybridized carbons (Fsp3) is 1.00. The molecule has 0 amide bonds. The summed E-state index contributed by atoms with van der Waals surface area (Å²) in [5, 5.41) is 18.8. The molecule has 3 aliphatic rings. The van der Waals surface area contributed by atoms with Crippen molar-refractivity contribution in [3.63, 3.8) is 0 Å². The van der Waals surface area contributed by atoms with Gasteiger partial charge in [0.15, 0.2) is 0 Å². The van der Waals surface area contributed by atoms with Crippen molar-refractivity contribution in [3.8, 4) is 0 Å². The molecule has 0 spiro atoms. The third kappa shape index (κ3) is 1.80. The topological polar surface area (TPSA) is 40.5 Å². The van der Waals surface area contributed by atoms with Crippen LogP contribution in [0.5, 0.6) is 0 Å². The summed E-state index contributed by atoms with van der Waals surface area (Å²) in [5.74, 6) is 2.47. The Balaban J connectivity index is 2.01. The average molecular weight is 226 g/mol. The molecule has 3 unspecified atom stereocenters. The molecule has 94 valence electrons. The van der Waals surface area contributed by atoms with Gasteiger partial charge in [0.25, 0.3) is 0 Å². The zero-order chi connectivity index (χ0) is 12.0. The predicted molar refractivity (Wildman–Crippen MR) is 65.0 cm³/mol. The Hall–Kier alpha value is -0.0800. The Morgan fingerprint density at radius 3 is 2.25 bits per heavy atom. The van der Waals surface area contributed by atoms with Gasteiger partial charge in [0.1, 0.15) is 0 Å². The first-order valence-electron chi connectivity index (χ1n) is 6.65. The number of aliphatic hydroxyl groups excluding tert-OH is 2. The molecule has 0 aromatic carbocycles. The predicted octanol–water partition coefficient (Wildman–Crippen LogP) is 2.44. The van der Waals surface area contributed by atoms with Crippen molar-refractivity contribution in [1.29, 1.82) is 0 Å². The van der Waals surface area contributed by atoms with Gasteiger partial charge in [-0.3, -0.25) is 0 Å². The zero-order valence-electron chi connectivity index (χ0n) is 10.9. The summed E-state index contributed by atoms with van der Waals surface area (Å²) in [6.07, 6.45) is 5.01. The molecule has 3 aliphatic carbocycles. The lowest BCUT2D eigenvalue weighted by Crippen LogP contribution is -2.53. The first-order chi connectivity index (χ1) is 7.43. The molecule has 2 N–H and O–H groups in total. The number of rotatable bonds is 4. The van der Waals surface area contributed by atoms with E-state index in [1.165, 1.54) is 19.3 Å². The van der Waals surface area contributed by atoms with E-state index in [1.807, 2.05) is 6.92 Å². The highest BCUT2D eigenvalue weighted by Gasteiger charge is 2.54. The van der Waals surface area contributed by atoms with Gasteiger partial charge in [-0.25, -0.2) is 0 Å². The van der Waals surface area contributed by atoms with Gasteiger partial charge in [0.05, 0.1) is 13.2 Å². The molecule has 0 radical (unpaired) electrons. The third-order valence-electron chi connectivity index (χ3n) is 5.52. The zero-order valence-corrected chi connectivity index (χ0v) is 10.9. The fourth-order valence-electron chi connectivity index (χ4n) is 4.02. The van der Waals surface area contributed by atoms with Gasteiger partial charge in [-0.1, -0.05) is 20.8 Å². The van der Waals surface area contributed by atoms with Crippen LogP contribution in [0.3, 0.4) is 0 Å². The minimum atomic E-state index is -0.275. The number of hydrogen-bond donors (Lipinski definition) is 2. The highest BCUT2D eigenvalue weighted by atomic mass is 16.3. The van der Waals surface area contributed by atoms with Crippen LogP contribution in [0.2, 0.25) is 0 Å². The summed E-state index contributed by atoms with van der Waals surface area (Å²) >= 11 is 0. The molecular formula is C14H26O2. The molecular weight excluding hydrogens is 200 g/mol. The van der Waals surface area contributed by atoms with Gasteiger partial charge in [-0.05, 0) is 48.9 Å². The van der Waals surface area contributed by atoms with Gasteiger partial charge >= 0.3 is 0 Å². The maximum absolute atomic E-state index is 9.39. The van der Waals surface area contributed by atoms with Crippen molar-refractivity contribution in [2.75, 3.05) is 13.2 Å². The molecule has 3 rings (SSSR count). The number of fused-ring (bicyclic) bond motifs is 2. The molecule has 0 saturated heterocycles. The first kappa shape index (κ1) is 12.4. The second-order valence-corrected chi connectivity index (χ2v) is 7.03. The molecule has 2 heteroatoms. The standard InChI is InChI=1S/C14H26O2/c1-13(2)11-5-4-10(12(13)6-11)7-14(3,8-15)9-16/h10-12,15-16H,4-9H2,1-3H3. The summed E-state index contributed by atoms with van der Waals surface area (Å²) in [4.78, 5) is 0. The van der Waals surface area contributed by atoms with E-state index in [2.05, 4.69) is 13.8 Å². The van der Waals surface area contributed by atoms with Gasteiger partial charge in [-0.15, -0.1) is 0 Å². The fourth-order valence-corrected chi connectivity index (χ4v) is 4.02. The van der Waals surface area contributed by atoms with Crippen molar-refractivity contribution >= 4 is 0 Å². The van der Waals surface area contributed by atoms with Crippen LogP contribution < -0.4 is 0 Å². The van der Waals surface area contributed by atoms with Crippen molar-refractivity contribution in [1.82, 2.24) is 0 Å². The molecule has 3 fully saturated rings. The van der Waals surface area contributed by atoms with E-state index in [0.29, 0.717) is 11.3 Å². The molecule has 0 aromatic rings. The minimum Gasteiger partial charge on any atom is -0.396 e. The van der Waals surface area contributed by atoms with E-state index >= 15 is 0 Å². The maximum Gasteiger partial charge on any atom is 0.0506 e. The molecule has 3 atom stereocenters. The Kier molecular flexibility index (Phi) is 3.09. The monoisotopic (exact) mass is 226 g/mol. The first-order valence-corrected chi connectivity index (χ1v) is 6.65. The largest absolute Gasteiger partial charge is 0.396 e. The molecule has 2 nitrogen and oxygen atoms in total. The van der Waals surface area contributed by atoms with Crippen LogP contribution in [-0.2, 0) is 0 Å². The Morgan fingerprint density at radius 1 is 1.19 bits per heavy atom. The highest BCUT2D eigenvalue weighted by Crippen LogP contribution is 2.62. The highest BCUT2D eigenvalue weighted by molar-refractivity contribution is 5.04. The van der Waals surface area contributed by atoms with E-state index in [0.717, 1.165) is 18.3 Å². The van der Waals surface area contributed by atoms with Crippen LogP contribution >= 0.6 is 0 Å². The van der Waals surface area contributed by atoms with Crippen LogP contribution in [0, 0.1) is 28.6 Å². The van der Waals surface area contributed by atoms with E-state index in [9.17, 15) is 10.2 Å². The average Bonchev–Trinajstić information content (AvgIpc) is 2.28. The van der Waals surface area contributed by atoms with Crippen molar-refractivity contribution in [2.24, 2.45) is 28.6 Å².